The van der Waals surface area contributed by atoms with Crippen LogP contribution in [0.2, 0.25) is 0 Å². The van der Waals surface area contributed by atoms with Gasteiger partial charge in [-0.1, -0.05) is 103 Å². The molecule has 7 rings (SSSR count). The molecule has 1 fully saturated rings. The van der Waals surface area contributed by atoms with E-state index in [0.717, 1.165) is 28.0 Å². The Morgan fingerprint density at radius 2 is 1.09 bits per heavy atom. The van der Waals surface area contributed by atoms with Gasteiger partial charge >= 0.3 is 34.7 Å². The second-order valence-electron chi connectivity index (χ2n) is 13.8. The Kier molecular flexibility index (Phi) is 11.7. The number of carbonyl (C=O) groups is 2. The van der Waals surface area contributed by atoms with Crippen LogP contribution in [0.3, 0.4) is 0 Å². The molecule has 0 spiro atoms. The van der Waals surface area contributed by atoms with Crippen molar-refractivity contribution in [2.45, 2.75) is 57.6 Å². The largest absolute Gasteiger partial charge is 0.534 e. The Balaban J connectivity index is 0.000000193. The number of alkyl halides is 3. The van der Waals surface area contributed by atoms with E-state index in [4.69, 9.17) is 18.8 Å². The zero-order chi connectivity index (χ0) is 41.0. The van der Waals surface area contributed by atoms with E-state index < -0.39 is 51.6 Å². The highest BCUT2D eigenvalue weighted by Gasteiger charge is 2.52. The Hall–Kier alpha value is -5.84. The first-order valence-electron chi connectivity index (χ1n) is 17.5. The molecule has 0 bridgehead atoms. The summed E-state index contributed by atoms with van der Waals surface area (Å²) in [6.45, 7) is 8.23. The zero-order valence-corrected chi connectivity index (χ0v) is 32.0. The molecule has 1 saturated heterocycles. The quantitative estimate of drug-likeness (QED) is 0.0615. The summed E-state index contributed by atoms with van der Waals surface area (Å²) < 4.78 is 87.4. The molecule has 0 amide bonds. The number of para-hydroxylation sites is 2. The maximum atomic E-state index is 12.6. The van der Waals surface area contributed by atoms with E-state index >= 15 is 0 Å². The summed E-state index contributed by atoms with van der Waals surface area (Å²) in [5, 5.41) is 1.20. The maximum absolute atomic E-state index is 12.6. The third-order valence-electron chi connectivity index (χ3n) is 9.27. The molecule has 16 heteroatoms. The third kappa shape index (κ3) is 9.42. The van der Waals surface area contributed by atoms with Crippen molar-refractivity contribution >= 4 is 56.4 Å². The lowest BCUT2D eigenvalue weighted by molar-refractivity contribution is -0.0499. The molecule has 294 valence electrons. The van der Waals surface area contributed by atoms with E-state index in [-0.39, 0.29) is 35.5 Å². The number of benzene rings is 4. The molecule has 6 aromatic rings. The van der Waals surface area contributed by atoms with Gasteiger partial charge in [0.1, 0.15) is 30.1 Å². The molecule has 1 aliphatic rings. The number of nitrogens with zero attached hydrogens (tertiary/aromatic N) is 2. The average Bonchev–Trinajstić information content (AvgIpc) is 3.41. The van der Waals surface area contributed by atoms with Gasteiger partial charge in [0, 0.05) is 10.8 Å². The van der Waals surface area contributed by atoms with Crippen molar-refractivity contribution in [1.82, 2.24) is 9.97 Å². The van der Waals surface area contributed by atoms with Crippen molar-refractivity contribution in [3.63, 3.8) is 0 Å². The van der Waals surface area contributed by atoms with Crippen molar-refractivity contribution < 1.29 is 54.1 Å². The van der Waals surface area contributed by atoms with Gasteiger partial charge in [-0.2, -0.15) is 21.6 Å². The minimum atomic E-state index is -5.88. The molecule has 0 atom stereocenters. The van der Waals surface area contributed by atoms with Crippen LogP contribution in [0.15, 0.2) is 121 Å². The van der Waals surface area contributed by atoms with Gasteiger partial charge in [-0.15, -0.1) is 0 Å². The molecule has 0 radical (unpaired) electrons. The van der Waals surface area contributed by atoms with E-state index in [2.05, 4.69) is 14.2 Å². The number of hydrogen-bond donors (Lipinski definition) is 0. The molecule has 0 N–H and O–H groups in total. The zero-order valence-electron chi connectivity index (χ0n) is 31.1. The highest BCUT2D eigenvalue weighted by atomic mass is 32.2. The highest BCUT2D eigenvalue weighted by Crippen LogP contribution is 2.37. The molecule has 4 aromatic carbocycles. The van der Waals surface area contributed by atoms with Gasteiger partial charge in [0.2, 0.25) is 0 Å². The van der Waals surface area contributed by atoms with Crippen LogP contribution in [0.5, 0.6) is 5.75 Å². The normalized spacial score (nSPS) is 14.8. The van der Waals surface area contributed by atoms with Crippen LogP contribution >= 0.6 is 0 Å². The monoisotopic (exact) mass is 800 g/mol. The van der Waals surface area contributed by atoms with Crippen LogP contribution in [0.1, 0.15) is 59.8 Å². The number of hydrogen-bond acceptors (Lipinski definition) is 11. The number of ether oxygens (including phenoxy) is 2. The van der Waals surface area contributed by atoms with Crippen LogP contribution in [-0.2, 0) is 42.1 Å². The van der Waals surface area contributed by atoms with E-state index in [9.17, 15) is 31.2 Å². The number of halogens is 3. The molecule has 1 aliphatic heterocycles. The first-order valence-corrected chi connectivity index (χ1v) is 18.9. The van der Waals surface area contributed by atoms with E-state index in [1.54, 1.807) is 36.4 Å². The molecular weight excluding hydrogens is 764 g/mol. The number of carbonyl (C=O) groups excluding carboxylic acids is 2. The van der Waals surface area contributed by atoms with E-state index in [0.29, 0.717) is 5.52 Å². The van der Waals surface area contributed by atoms with E-state index in [1.165, 1.54) is 24.3 Å². The maximum Gasteiger partial charge on any atom is 0.534 e. The van der Waals surface area contributed by atoms with Crippen molar-refractivity contribution in [2.24, 2.45) is 0 Å². The van der Waals surface area contributed by atoms with Crippen LogP contribution < -0.4 is 9.65 Å². The summed E-state index contributed by atoms with van der Waals surface area (Å²) >= 11 is 0. The Morgan fingerprint density at radius 1 is 0.632 bits per heavy atom. The smallest absolute Gasteiger partial charge is 0.456 e. The molecule has 0 aliphatic carbocycles. The SMILES string of the molecule is CC1(C)OB(c2cccc3ccc(C(=O)OCc4ccccc4)nc23)OC1(C)C.O=C(OCc1ccccc1)c1ccc2cccc(OS(=O)(=O)C(F)(F)F)c2n1. The van der Waals surface area contributed by atoms with Gasteiger partial charge in [0.05, 0.1) is 16.7 Å². The van der Waals surface area contributed by atoms with Gasteiger partial charge < -0.3 is 23.0 Å². The Morgan fingerprint density at radius 3 is 1.58 bits per heavy atom. The van der Waals surface area contributed by atoms with Gasteiger partial charge in [0.15, 0.2) is 5.75 Å². The lowest BCUT2D eigenvalue weighted by atomic mass is 9.77. The number of aromatic nitrogens is 2. The summed E-state index contributed by atoms with van der Waals surface area (Å²) in [4.78, 5) is 33.3. The summed E-state index contributed by atoms with van der Waals surface area (Å²) in [5.74, 6) is -1.92. The number of pyridine rings is 2. The molecule has 2 aromatic heterocycles. The molecule has 3 heterocycles. The van der Waals surface area contributed by atoms with Crippen LogP contribution in [0, 0.1) is 0 Å². The fourth-order valence-electron chi connectivity index (χ4n) is 5.50. The summed E-state index contributed by atoms with van der Waals surface area (Å²) in [7, 11) is -6.43. The van der Waals surface area contributed by atoms with Crippen LogP contribution in [0.4, 0.5) is 13.2 Å². The molecule has 11 nitrogen and oxygen atoms in total. The Labute approximate surface area is 327 Å². The lowest BCUT2D eigenvalue weighted by Gasteiger charge is -2.32. The first kappa shape index (κ1) is 40.8. The molecule has 57 heavy (non-hydrogen) atoms. The molecular formula is C41H36BF3N2O9S. The second-order valence-corrected chi connectivity index (χ2v) is 15.4. The number of fused-ring (bicyclic) bond motifs is 2. The van der Waals surface area contributed by atoms with Crippen LogP contribution in [0.25, 0.3) is 21.8 Å². The standard InChI is InChI=1S/C23H24BNO4.C18H12F3NO5S/c1-22(2)23(3,4)29-24(28-22)18-12-8-11-17-13-14-19(25-20(17)18)21(26)27-15-16-9-6-5-7-10-16;19-18(20,21)28(24,25)27-15-8-4-7-13-9-10-14(22-16(13)15)17(23)26-11-12-5-2-1-3-6-12/h5-14H,15H2,1-4H3;1-10H,11H2. The molecule has 0 saturated carbocycles. The van der Waals surface area contributed by atoms with E-state index in [1.807, 2.05) is 82.3 Å². The van der Waals surface area contributed by atoms with Crippen molar-refractivity contribution in [2.75, 3.05) is 0 Å². The summed E-state index contributed by atoms with van der Waals surface area (Å²) in [5.41, 5.74) is -3.51. The fraction of sp³-hybridized carbons (Fsp3) is 0.220. The second kappa shape index (κ2) is 16.3. The topological polar surface area (TPSA) is 140 Å². The van der Waals surface area contributed by atoms with Crippen molar-refractivity contribution in [3.8, 4) is 5.75 Å². The predicted molar refractivity (Wildman–Crippen MR) is 206 cm³/mol. The summed E-state index contributed by atoms with van der Waals surface area (Å²) in [6, 6.07) is 34.3. The van der Waals surface area contributed by atoms with Crippen molar-refractivity contribution in [1.29, 1.82) is 0 Å². The average molecular weight is 801 g/mol. The minimum Gasteiger partial charge on any atom is -0.456 e. The van der Waals surface area contributed by atoms with Crippen molar-refractivity contribution in [3.05, 3.63) is 144 Å². The number of rotatable bonds is 9. The van der Waals surface area contributed by atoms with Gasteiger partial charge in [0.25, 0.3) is 0 Å². The minimum absolute atomic E-state index is 0.0278. The lowest BCUT2D eigenvalue weighted by Crippen LogP contribution is -2.41. The highest BCUT2D eigenvalue weighted by molar-refractivity contribution is 7.88. The van der Waals surface area contributed by atoms with Gasteiger partial charge in [-0.3, -0.25) is 0 Å². The van der Waals surface area contributed by atoms with Crippen LogP contribution in [-0.4, -0.2) is 54.2 Å². The molecule has 0 unspecified atom stereocenters. The van der Waals surface area contributed by atoms with Gasteiger partial charge in [-0.05, 0) is 62.4 Å². The number of esters is 2. The van der Waals surface area contributed by atoms with Gasteiger partial charge in [-0.25, -0.2) is 19.6 Å². The predicted octanol–water partition coefficient (Wildman–Crippen LogP) is 7.71. The third-order valence-corrected chi connectivity index (χ3v) is 10.2. The fourth-order valence-corrected chi connectivity index (χ4v) is 5.97. The summed E-state index contributed by atoms with van der Waals surface area (Å²) in [6.07, 6.45) is 0. The first-order chi connectivity index (χ1) is 26.9. The Bertz CT molecular complexity index is 2510.